The molecule has 27 heavy (non-hydrogen) atoms. The Labute approximate surface area is 164 Å². The number of ether oxygens (including phenoxy) is 1. The van der Waals surface area contributed by atoms with Gasteiger partial charge in [-0.3, -0.25) is 4.79 Å². The van der Waals surface area contributed by atoms with Gasteiger partial charge in [-0.1, -0.05) is 57.9 Å². The van der Waals surface area contributed by atoms with Crippen LogP contribution in [0, 0.1) is 17.3 Å². The molecule has 2 aliphatic heterocycles. The summed E-state index contributed by atoms with van der Waals surface area (Å²) in [5, 5.41) is 19.3. The van der Waals surface area contributed by atoms with Crippen LogP contribution in [-0.4, -0.2) is 34.5 Å². The molecule has 0 saturated carbocycles. The van der Waals surface area contributed by atoms with E-state index in [0.29, 0.717) is 30.5 Å². The monoisotopic (exact) mass is 378 g/mol. The Morgan fingerprint density at radius 1 is 1.22 bits per heavy atom. The normalized spacial score (nSPS) is 29.2. The summed E-state index contributed by atoms with van der Waals surface area (Å²) in [5.41, 5.74) is -0.0927. The van der Waals surface area contributed by atoms with Gasteiger partial charge in [-0.05, 0) is 49.9 Å². The van der Waals surface area contributed by atoms with E-state index in [9.17, 15) is 9.90 Å². The quantitative estimate of drug-likeness (QED) is 0.366. The lowest BCUT2D eigenvalue weighted by molar-refractivity contribution is -0.137. The Hall–Kier alpha value is -1.13. The molecule has 5 atom stereocenters. The highest BCUT2D eigenvalue weighted by Gasteiger charge is 2.47. The molecule has 2 bridgehead atoms. The topological polar surface area (TPSA) is 66.8 Å². The van der Waals surface area contributed by atoms with Gasteiger partial charge < -0.3 is 14.9 Å². The van der Waals surface area contributed by atoms with Gasteiger partial charge in [0.05, 0.1) is 18.3 Å². The van der Waals surface area contributed by atoms with Gasteiger partial charge in [0.1, 0.15) is 0 Å². The van der Waals surface area contributed by atoms with Crippen LogP contribution in [-0.2, 0) is 9.53 Å². The zero-order chi connectivity index (χ0) is 19.9. The number of fused-ring (bicyclic) bond motifs is 2. The second kappa shape index (κ2) is 10.4. The number of hydrogen-bond donors (Lipinski definition) is 2. The minimum atomic E-state index is -0.726. The maximum Gasteiger partial charge on any atom is 0.303 e. The molecular weight excluding hydrogens is 340 g/mol. The molecular formula is C23H38O4. The summed E-state index contributed by atoms with van der Waals surface area (Å²) in [4.78, 5) is 10.6. The molecule has 0 spiro atoms. The van der Waals surface area contributed by atoms with Crippen molar-refractivity contribution in [1.29, 1.82) is 0 Å². The summed E-state index contributed by atoms with van der Waals surface area (Å²) in [6.45, 7) is 6.48. The summed E-state index contributed by atoms with van der Waals surface area (Å²) < 4.78 is 6.15. The SMILES string of the molecule is CCCCC(C)(C)C(O)/C=C/[C@H]1[C@H](C/C=C\CCCC(=O)O)[C@H]2CC[C@@H]1O2. The lowest BCUT2D eigenvalue weighted by Gasteiger charge is -2.30. The van der Waals surface area contributed by atoms with Crippen LogP contribution in [0.2, 0.25) is 0 Å². The van der Waals surface area contributed by atoms with Crippen molar-refractivity contribution < 1.29 is 19.7 Å². The van der Waals surface area contributed by atoms with Crippen molar-refractivity contribution in [2.75, 3.05) is 0 Å². The smallest absolute Gasteiger partial charge is 0.303 e. The van der Waals surface area contributed by atoms with Crippen molar-refractivity contribution in [3.05, 3.63) is 24.3 Å². The van der Waals surface area contributed by atoms with Crippen molar-refractivity contribution in [2.45, 2.75) is 96.9 Å². The van der Waals surface area contributed by atoms with Gasteiger partial charge in [-0.2, -0.15) is 0 Å². The van der Waals surface area contributed by atoms with E-state index in [1.165, 1.54) is 0 Å². The molecule has 4 nitrogen and oxygen atoms in total. The van der Waals surface area contributed by atoms with E-state index < -0.39 is 12.1 Å². The van der Waals surface area contributed by atoms with E-state index in [0.717, 1.165) is 44.9 Å². The lowest BCUT2D eigenvalue weighted by Crippen LogP contribution is -2.29. The average molecular weight is 379 g/mol. The molecule has 154 valence electrons. The van der Waals surface area contributed by atoms with Crippen molar-refractivity contribution in [1.82, 2.24) is 0 Å². The van der Waals surface area contributed by atoms with Crippen LogP contribution in [0.5, 0.6) is 0 Å². The van der Waals surface area contributed by atoms with Gasteiger partial charge in [0.15, 0.2) is 0 Å². The number of carbonyl (C=O) groups is 1. The van der Waals surface area contributed by atoms with Gasteiger partial charge in [0.2, 0.25) is 0 Å². The molecule has 0 aromatic heterocycles. The highest BCUT2D eigenvalue weighted by Crippen LogP contribution is 2.46. The summed E-state index contributed by atoms with van der Waals surface area (Å²) in [6.07, 6.45) is 17.0. The van der Waals surface area contributed by atoms with Crippen molar-refractivity contribution in [3.8, 4) is 0 Å². The lowest BCUT2D eigenvalue weighted by atomic mass is 9.76. The highest BCUT2D eigenvalue weighted by molar-refractivity contribution is 5.66. The number of unbranched alkanes of at least 4 members (excludes halogenated alkanes) is 2. The van der Waals surface area contributed by atoms with E-state index in [4.69, 9.17) is 9.84 Å². The third kappa shape index (κ3) is 6.46. The fraction of sp³-hybridized carbons (Fsp3) is 0.783. The fourth-order valence-electron chi connectivity index (χ4n) is 4.40. The number of allylic oxidation sites excluding steroid dienone is 2. The molecule has 2 aliphatic rings. The van der Waals surface area contributed by atoms with E-state index >= 15 is 0 Å². The number of aliphatic carboxylic acids is 1. The summed E-state index contributed by atoms with van der Waals surface area (Å²) in [5.74, 6) is 0.126. The molecule has 2 N–H and O–H groups in total. The first-order chi connectivity index (χ1) is 12.8. The van der Waals surface area contributed by atoms with Gasteiger partial charge in [0.25, 0.3) is 0 Å². The number of carboxylic acid groups (broad SMARTS) is 1. The standard InChI is InChI=1S/C23H38O4/c1-4-5-16-23(2,3)21(24)15-12-18-17(19-13-14-20(18)27-19)10-8-6-7-9-11-22(25)26/h6,8,12,15,17-21,24H,4-5,7,9-11,13-14,16H2,1-3H3,(H,25,26)/b8-6-,15-12+/t17-,18-,19+,20-,21?/m0/s1. The molecule has 4 heteroatoms. The second-order valence-electron chi connectivity index (χ2n) is 8.95. The zero-order valence-electron chi connectivity index (χ0n) is 17.3. The number of aliphatic hydroxyl groups excluding tert-OH is 1. The van der Waals surface area contributed by atoms with E-state index in [1.807, 2.05) is 6.08 Å². The predicted molar refractivity (Wildman–Crippen MR) is 109 cm³/mol. The maximum atomic E-state index is 10.6. The molecule has 0 aliphatic carbocycles. The van der Waals surface area contributed by atoms with Crippen LogP contribution in [0.4, 0.5) is 0 Å². The molecule has 0 aromatic carbocycles. The Bertz CT molecular complexity index is 522. The van der Waals surface area contributed by atoms with Crippen LogP contribution in [0.25, 0.3) is 0 Å². The molecule has 2 saturated heterocycles. The van der Waals surface area contributed by atoms with Crippen LogP contribution in [0.3, 0.4) is 0 Å². The third-order valence-electron chi connectivity index (χ3n) is 6.31. The van der Waals surface area contributed by atoms with Crippen LogP contribution < -0.4 is 0 Å². The molecule has 1 unspecified atom stereocenters. The Morgan fingerprint density at radius 3 is 2.67 bits per heavy atom. The third-order valence-corrected chi connectivity index (χ3v) is 6.31. The molecule has 2 fully saturated rings. The van der Waals surface area contributed by atoms with Gasteiger partial charge in [-0.15, -0.1) is 0 Å². The van der Waals surface area contributed by atoms with E-state index in [1.54, 1.807) is 0 Å². The fourth-order valence-corrected chi connectivity index (χ4v) is 4.40. The Kier molecular flexibility index (Phi) is 8.56. The summed E-state index contributed by atoms with van der Waals surface area (Å²) >= 11 is 0. The van der Waals surface area contributed by atoms with Crippen molar-refractivity contribution >= 4 is 5.97 Å². The highest BCUT2D eigenvalue weighted by atomic mass is 16.5. The molecule has 0 aromatic rings. The molecule has 2 rings (SSSR count). The summed E-state index contributed by atoms with van der Waals surface area (Å²) in [7, 11) is 0. The van der Waals surface area contributed by atoms with E-state index in [2.05, 4.69) is 39.0 Å². The van der Waals surface area contributed by atoms with Gasteiger partial charge in [-0.25, -0.2) is 0 Å². The van der Waals surface area contributed by atoms with Crippen molar-refractivity contribution in [3.63, 3.8) is 0 Å². The predicted octanol–water partition coefficient (Wildman–Crippen LogP) is 5.11. The van der Waals surface area contributed by atoms with Crippen LogP contribution in [0.1, 0.15) is 78.6 Å². The first-order valence-electron chi connectivity index (χ1n) is 10.7. The van der Waals surface area contributed by atoms with Gasteiger partial charge in [0, 0.05) is 12.3 Å². The number of hydrogen-bond acceptors (Lipinski definition) is 3. The second-order valence-corrected chi connectivity index (χ2v) is 8.95. The maximum absolute atomic E-state index is 10.6. The Morgan fingerprint density at radius 2 is 1.96 bits per heavy atom. The number of aliphatic hydroxyl groups is 1. The minimum Gasteiger partial charge on any atom is -0.481 e. The first-order valence-corrected chi connectivity index (χ1v) is 10.7. The van der Waals surface area contributed by atoms with E-state index in [-0.39, 0.29) is 11.8 Å². The van der Waals surface area contributed by atoms with Gasteiger partial charge >= 0.3 is 5.97 Å². The van der Waals surface area contributed by atoms with Crippen LogP contribution >= 0.6 is 0 Å². The number of carboxylic acids is 1. The minimum absolute atomic E-state index is 0.0927. The first kappa shape index (κ1) is 22.2. The average Bonchev–Trinajstić information content (AvgIpc) is 3.22. The summed E-state index contributed by atoms with van der Waals surface area (Å²) in [6, 6.07) is 0. The molecule has 2 heterocycles. The Balaban J connectivity index is 1.88. The molecule has 0 radical (unpaired) electrons. The molecule has 0 amide bonds. The largest absolute Gasteiger partial charge is 0.481 e. The van der Waals surface area contributed by atoms with Crippen LogP contribution in [0.15, 0.2) is 24.3 Å². The zero-order valence-corrected chi connectivity index (χ0v) is 17.3. The number of rotatable bonds is 12. The van der Waals surface area contributed by atoms with Crippen molar-refractivity contribution in [2.24, 2.45) is 17.3 Å².